The number of anilines is 1. The quantitative estimate of drug-likeness (QED) is 0.482. The molecule has 6 nitrogen and oxygen atoms in total. The maximum absolute atomic E-state index is 12.8. The fourth-order valence-corrected chi connectivity index (χ4v) is 3.34. The van der Waals surface area contributed by atoms with Crippen LogP contribution in [-0.4, -0.2) is 26.3 Å². The molecule has 0 bridgehead atoms. The summed E-state index contributed by atoms with van der Waals surface area (Å²) in [5.74, 6) is -1.30. The number of halogens is 2. The third kappa shape index (κ3) is 3.77. The highest BCUT2D eigenvalue weighted by atomic mass is 35.5. The number of nitrogens with zero attached hydrogens (tertiary/aromatic N) is 2. The number of rotatable bonds is 5. The third-order valence-electron chi connectivity index (χ3n) is 3.98. The number of para-hydroxylation sites is 1. The monoisotopic (exact) mass is 405 g/mol. The molecular weight excluding hydrogens is 389 g/mol. The van der Waals surface area contributed by atoms with Crippen molar-refractivity contribution in [2.75, 3.05) is 5.32 Å². The number of carbonyl (C=O) groups is 2. The van der Waals surface area contributed by atoms with E-state index in [1.165, 1.54) is 12.4 Å². The van der Waals surface area contributed by atoms with Crippen LogP contribution >= 0.6 is 23.2 Å². The number of benzene rings is 1. The van der Waals surface area contributed by atoms with Crippen LogP contribution in [0.25, 0.3) is 10.9 Å². The lowest BCUT2D eigenvalue weighted by Crippen LogP contribution is -2.23. The maximum Gasteiger partial charge on any atom is 0.296 e. The van der Waals surface area contributed by atoms with Crippen molar-refractivity contribution < 1.29 is 14.7 Å². The van der Waals surface area contributed by atoms with Crippen LogP contribution in [0.15, 0.2) is 36.8 Å². The molecule has 0 spiro atoms. The Kier molecular flexibility index (Phi) is 5.39. The van der Waals surface area contributed by atoms with E-state index in [4.69, 9.17) is 23.2 Å². The number of pyridine rings is 1. The molecular formula is C19H17Cl2N3O3. The molecule has 140 valence electrons. The summed E-state index contributed by atoms with van der Waals surface area (Å²) >= 11 is 12.0. The molecule has 0 atom stereocenters. The van der Waals surface area contributed by atoms with Crippen LogP contribution in [0.3, 0.4) is 0 Å². The number of nitrogens with one attached hydrogen (secondary N) is 1. The van der Waals surface area contributed by atoms with Crippen molar-refractivity contribution in [1.29, 1.82) is 0 Å². The topological polar surface area (TPSA) is 84.2 Å². The van der Waals surface area contributed by atoms with Gasteiger partial charge in [-0.2, -0.15) is 0 Å². The lowest BCUT2D eigenvalue weighted by atomic mass is 10.1. The molecule has 0 radical (unpaired) electrons. The van der Waals surface area contributed by atoms with Gasteiger partial charge >= 0.3 is 0 Å². The number of phenolic OH excluding ortho intramolecular Hbond substituents is 1. The molecule has 2 N–H and O–H groups in total. The van der Waals surface area contributed by atoms with Gasteiger partial charge in [-0.25, -0.2) is 0 Å². The summed E-state index contributed by atoms with van der Waals surface area (Å²) in [5.41, 5.74) is 0.836. The van der Waals surface area contributed by atoms with Crippen LogP contribution in [0.4, 0.5) is 5.69 Å². The molecule has 8 heteroatoms. The molecule has 0 aliphatic heterocycles. The summed E-state index contributed by atoms with van der Waals surface area (Å²) < 4.78 is 1.78. The van der Waals surface area contributed by atoms with Crippen molar-refractivity contribution in [3.63, 3.8) is 0 Å². The molecule has 0 unspecified atom stereocenters. The molecule has 27 heavy (non-hydrogen) atoms. The average Bonchev–Trinajstić information content (AvgIpc) is 2.96. The minimum Gasteiger partial charge on any atom is -0.506 e. The minimum absolute atomic E-state index is 0.0489. The second kappa shape index (κ2) is 7.58. The Morgan fingerprint density at radius 2 is 1.89 bits per heavy atom. The van der Waals surface area contributed by atoms with Gasteiger partial charge in [0, 0.05) is 30.5 Å². The molecule has 1 amide bonds. The summed E-state index contributed by atoms with van der Waals surface area (Å²) in [7, 11) is 0. The van der Waals surface area contributed by atoms with Crippen molar-refractivity contribution in [3.05, 3.63) is 52.4 Å². The predicted octanol–water partition coefficient (Wildman–Crippen LogP) is 4.53. The fourth-order valence-electron chi connectivity index (χ4n) is 2.88. The van der Waals surface area contributed by atoms with Crippen molar-refractivity contribution in [2.24, 2.45) is 5.92 Å². The van der Waals surface area contributed by atoms with E-state index >= 15 is 0 Å². The molecule has 0 aliphatic carbocycles. The fraction of sp³-hybridized carbons (Fsp3) is 0.211. The van der Waals surface area contributed by atoms with E-state index in [0.29, 0.717) is 17.4 Å². The van der Waals surface area contributed by atoms with E-state index in [9.17, 15) is 14.7 Å². The number of hydrogen-bond donors (Lipinski definition) is 2. The third-order valence-corrected chi connectivity index (χ3v) is 4.55. The molecule has 2 heterocycles. The van der Waals surface area contributed by atoms with Gasteiger partial charge in [-0.05, 0) is 12.0 Å². The van der Waals surface area contributed by atoms with Crippen LogP contribution in [-0.2, 0) is 11.3 Å². The van der Waals surface area contributed by atoms with E-state index in [2.05, 4.69) is 10.3 Å². The average molecular weight is 406 g/mol. The second-order valence-corrected chi connectivity index (χ2v) is 7.34. The van der Waals surface area contributed by atoms with Crippen LogP contribution in [0, 0.1) is 5.92 Å². The zero-order chi connectivity index (χ0) is 19.7. The number of amides is 1. The van der Waals surface area contributed by atoms with Gasteiger partial charge in [0.05, 0.1) is 26.8 Å². The van der Waals surface area contributed by atoms with Crippen molar-refractivity contribution in [3.8, 4) is 5.75 Å². The number of carbonyl (C=O) groups excluding carboxylic acids is 2. The van der Waals surface area contributed by atoms with Gasteiger partial charge in [-0.1, -0.05) is 49.2 Å². The Bertz CT molecular complexity index is 1020. The van der Waals surface area contributed by atoms with Crippen molar-refractivity contribution in [2.45, 2.75) is 20.4 Å². The van der Waals surface area contributed by atoms with Gasteiger partial charge in [0.25, 0.3) is 11.7 Å². The lowest BCUT2D eigenvalue weighted by molar-refractivity contribution is -0.112. The van der Waals surface area contributed by atoms with Crippen LogP contribution in [0.2, 0.25) is 10.0 Å². The van der Waals surface area contributed by atoms with E-state index in [0.717, 1.165) is 0 Å². The number of hydrogen-bond acceptors (Lipinski definition) is 4. The Balaban J connectivity index is 2.00. The Hall–Kier alpha value is -2.57. The van der Waals surface area contributed by atoms with Gasteiger partial charge in [0.1, 0.15) is 5.75 Å². The summed E-state index contributed by atoms with van der Waals surface area (Å²) in [4.78, 5) is 29.1. The van der Waals surface area contributed by atoms with Gasteiger partial charge in [0.2, 0.25) is 0 Å². The first-order valence-electron chi connectivity index (χ1n) is 8.25. The molecule has 0 saturated heterocycles. The molecule has 2 aromatic heterocycles. The second-order valence-electron chi connectivity index (χ2n) is 6.52. The highest BCUT2D eigenvalue weighted by Gasteiger charge is 2.24. The van der Waals surface area contributed by atoms with E-state index in [1.54, 1.807) is 29.0 Å². The van der Waals surface area contributed by atoms with Gasteiger partial charge in [0.15, 0.2) is 0 Å². The largest absolute Gasteiger partial charge is 0.506 e. The summed E-state index contributed by atoms with van der Waals surface area (Å²) in [6.07, 6.45) is 4.22. The molecule has 1 aromatic carbocycles. The number of phenols is 1. The van der Waals surface area contributed by atoms with Gasteiger partial charge in [-0.15, -0.1) is 0 Å². The summed E-state index contributed by atoms with van der Waals surface area (Å²) in [5, 5.41) is 13.4. The Morgan fingerprint density at radius 3 is 2.52 bits per heavy atom. The summed E-state index contributed by atoms with van der Waals surface area (Å²) in [6, 6.07) is 4.87. The van der Waals surface area contributed by atoms with Crippen molar-refractivity contribution >= 4 is 51.5 Å². The SMILES string of the molecule is CC(C)Cn1cc(C(=O)C(=O)Nc2c(Cl)cncc2Cl)c2cccc(O)c21. The van der Waals surface area contributed by atoms with E-state index < -0.39 is 11.7 Å². The number of fused-ring (bicyclic) bond motifs is 1. The normalized spacial score (nSPS) is 11.1. The predicted molar refractivity (Wildman–Crippen MR) is 106 cm³/mol. The van der Waals surface area contributed by atoms with E-state index in [1.807, 2.05) is 13.8 Å². The lowest BCUT2D eigenvalue weighted by Gasteiger charge is -2.08. The number of Topliss-reactive ketones (excluding diaryl/α,β-unsaturated/α-hetero) is 1. The smallest absolute Gasteiger partial charge is 0.296 e. The van der Waals surface area contributed by atoms with Crippen LogP contribution in [0.1, 0.15) is 24.2 Å². The first-order valence-corrected chi connectivity index (χ1v) is 9.00. The summed E-state index contributed by atoms with van der Waals surface area (Å²) in [6.45, 7) is 4.63. The standard InChI is InChI=1S/C19H17Cl2N3O3/c1-10(2)8-24-9-12(11-4-3-5-15(25)17(11)24)18(26)19(27)23-16-13(20)6-22-7-14(16)21/h3-7,9-10,25H,8H2,1-2H3,(H,22,23,27). The zero-order valence-electron chi connectivity index (χ0n) is 14.7. The van der Waals surface area contributed by atoms with Crippen LogP contribution in [0.5, 0.6) is 5.75 Å². The van der Waals surface area contributed by atoms with Gasteiger partial charge < -0.3 is 15.0 Å². The van der Waals surface area contributed by atoms with Gasteiger partial charge in [-0.3, -0.25) is 14.6 Å². The Morgan fingerprint density at radius 1 is 1.22 bits per heavy atom. The highest BCUT2D eigenvalue weighted by molar-refractivity contribution is 6.50. The number of aromatic nitrogens is 2. The van der Waals surface area contributed by atoms with Crippen LogP contribution < -0.4 is 5.32 Å². The van der Waals surface area contributed by atoms with Crippen molar-refractivity contribution in [1.82, 2.24) is 9.55 Å². The first kappa shape index (κ1) is 19.2. The highest BCUT2D eigenvalue weighted by Crippen LogP contribution is 2.31. The molecule has 3 rings (SSSR count). The van der Waals surface area contributed by atoms with E-state index in [-0.39, 0.29) is 33.0 Å². The maximum atomic E-state index is 12.8. The molecule has 0 aliphatic rings. The first-order chi connectivity index (χ1) is 12.8. The number of aromatic hydroxyl groups is 1. The zero-order valence-corrected chi connectivity index (χ0v) is 16.2. The molecule has 0 fully saturated rings. The minimum atomic E-state index is -0.878. The Labute approximate surface area is 165 Å². The number of ketones is 1. The molecule has 0 saturated carbocycles. The molecule has 3 aromatic rings.